The van der Waals surface area contributed by atoms with Gasteiger partial charge >= 0.3 is 6.18 Å². The Kier molecular flexibility index (Phi) is 2.99. The van der Waals surface area contributed by atoms with E-state index in [0.717, 1.165) is 0 Å². The van der Waals surface area contributed by atoms with Gasteiger partial charge in [-0.2, -0.15) is 13.2 Å². The van der Waals surface area contributed by atoms with Crippen LogP contribution in [0.2, 0.25) is 0 Å². The third kappa shape index (κ3) is 8.73. The van der Waals surface area contributed by atoms with Gasteiger partial charge in [0.25, 0.3) is 0 Å². The fraction of sp³-hybridized carbons (Fsp3) is 1.00. The van der Waals surface area contributed by atoms with Crippen molar-refractivity contribution in [3.05, 3.63) is 0 Å². The van der Waals surface area contributed by atoms with E-state index in [4.69, 9.17) is 11.2 Å². The van der Waals surface area contributed by atoms with Crippen molar-refractivity contribution < 1.29 is 13.2 Å². The van der Waals surface area contributed by atoms with Crippen molar-refractivity contribution >= 4 is 28.4 Å². The average molecular weight is 197 g/mol. The van der Waals surface area contributed by atoms with Crippen molar-refractivity contribution in [3.63, 3.8) is 0 Å². The Morgan fingerprint density at radius 3 is 1.89 bits per heavy atom. The van der Waals surface area contributed by atoms with Crippen LogP contribution in [-0.4, -0.2) is 19.0 Å². The SMILES string of the molecule is CP(=S)(Cl)CC(F)(F)F. The van der Waals surface area contributed by atoms with Crippen molar-refractivity contribution in [2.24, 2.45) is 0 Å². The molecule has 1 atom stereocenters. The largest absolute Gasteiger partial charge is 0.394 e. The van der Waals surface area contributed by atoms with Gasteiger partial charge in [-0.3, -0.25) is 0 Å². The Labute approximate surface area is 61.2 Å². The maximum absolute atomic E-state index is 11.4. The maximum atomic E-state index is 11.4. The molecule has 0 aromatic carbocycles. The van der Waals surface area contributed by atoms with E-state index in [0.29, 0.717) is 0 Å². The Hall–Kier alpha value is 0.730. The number of halogens is 4. The first-order valence-electron chi connectivity index (χ1n) is 2.04. The molecule has 0 fully saturated rings. The van der Waals surface area contributed by atoms with E-state index in [1.54, 1.807) is 0 Å². The van der Waals surface area contributed by atoms with Gasteiger partial charge in [0, 0.05) is 5.39 Å². The second kappa shape index (κ2) is 2.77. The van der Waals surface area contributed by atoms with Crippen LogP contribution in [0.1, 0.15) is 0 Å². The second-order valence-electron chi connectivity index (χ2n) is 1.76. The summed E-state index contributed by atoms with van der Waals surface area (Å²) in [5.74, 6) is 0. The molecular weight excluding hydrogens is 192 g/mol. The summed E-state index contributed by atoms with van der Waals surface area (Å²) in [4.78, 5) is 0. The molecule has 9 heavy (non-hydrogen) atoms. The van der Waals surface area contributed by atoms with E-state index in [9.17, 15) is 13.2 Å². The topological polar surface area (TPSA) is 0 Å². The summed E-state index contributed by atoms with van der Waals surface area (Å²) in [6, 6.07) is 0. The molecule has 0 aliphatic rings. The molecule has 0 N–H and O–H groups in total. The van der Waals surface area contributed by atoms with Crippen molar-refractivity contribution in [1.29, 1.82) is 0 Å². The van der Waals surface area contributed by atoms with Gasteiger partial charge in [-0.1, -0.05) is 23.0 Å². The van der Waals surface area contributed by atoms with Crippen molar-refractivity contribution in [2.45, 2.75) is 6.18 Å². The monoisotopic (exact) mass is 196 g/mol. The molecule has 0 radical (unpaired) electrons. The first kappa shape index (κ1) is 9.73. The van der Waals surface area contributed by atoms with E-state index >= 15 is 0 Å². The highest BCUT2D eigenvalue weighted by Crippen LogP contribution is 2.51. The minimum atomic E-state index is -4.20. The number of alkyl halides is 3. The average Bonchev–Trinajstić information content (AvgIpc) is 1.14. The zero-order valence-corrected chi connectivity index (χ0v) is 7.04. The van der Waals surface area contributed by atoms with Crippen molar-refractivity contribution in [2.75, 3.05) is 12.8 Å². The summed E-state index contributed by atoms with van der Waals surface area (Å²) in [5, 5.41) is -2.61. The van der Waals surface area contributed by atoms with E-state index in [-0.39, 0.29) is 0 Å². The molecule has 0 aliphatic carbocycles. The lowest BCUT2D eigenvalue weighted by Gasteiger charge is -2.09. The van der Waals surface area contributed by atoms with E-state index in [1.165, 1.54) is 6.66 Å². The van der Waals surface area contributed by atoms with E-state index in [1.807, 2.05) is 0 Å². The van der Waals surface area contributed by atoms with Crippen molar-refractivity contribution in [1.82, 2.24) is 0 Å². The molecule has 0 aromatic rings. The van der Waals surface area contributed by atoms with Crippen LogP contribution in [0.3, 0.4) is 0 Å². The van der Waals surface area contributed by atoms with Gasteiger partial charge in [-0.15, -0.1) is 0 Å². The van der Waals surface area contributed by atoms with Crippen LogP contribution < -0.4 is 0 Å². The Morgan fingerprint density at radius 2 is 1.89 bits per heavy atom. The molecule has 0 nitrogen and oxygen atoms in total. The van der Waals surface area contributed by atoms with Crippen LogP contribution in [-0.2, 0) is 11.8 Å². The molecule has 0 aliphatic heterocycles. The van der Waals surface area contributed by atoms with Gasteiger partial charge in [-0.25, -0.2) is 0 Å². The lowest BCUT2D eigenvalue weighted by atomic mass is 10.8. The van der Waals surface area contributed by atoms with Crippen LogP contribution in [0, 0.1) is 0 Å². The molecule has 0 saturated carbocycles. The Balaban J connectivity index is 3.90. The third-order valence-electron chi connectivity index (χ3n) is 0.462. The van der Waals surface area contributed by atoms with Gasteiger partial charge < -0.3 is 0 Å². The maximum Gasteiger partial charge on any atom is 0.394 e. The van der Waals surface area contributed by atoms with Crippen LogP contribution >= 0.6 is 16.6 Å². The highest BCUT2D eigenvalue weighted by atomic mass is 35.7. The van der Waals surface area contributed by atoms with Gasteiger partial charge in [0.2, 0.25) is 0 Å². The zero-order valence-electron chi connectivity index (χ0n) is 4.57. The Bertz CT molecular complexity index is 136. The summed E-state index contributed by atoms with van der Waals surface area (Å²) in [5.41, 5.74) is 0. The minimum absolute atomic E-state index is 1.02. The van der Waals surface area contributed by atoms with Crippen LogP contribution in [0.15, 0.2) is 0 Å². The van der Waals surface area contributed by atoms with Gasteiger partial charge in [0.1, 0.15) is 0 Å². The summed E-state index contributed by atoms with van der Waals surface area (Å²) >= 11 is 9.61. The fourth-order valence-electron chi connectivity index (χ4n) is 0.320. The summed E-state index contributed by atoms with van der Waals surface area (Å²) in [6.45, 7) is 1.26. The second-order valence-corrected chi connectivity index (χ2v) is 9.30. The third-order valence-corrected chi connectivity index (χ3v) is 2.13. The predicted molar refractivity (Wildman–Crippen MR) is 37.0 cm³/mol. The molecule has 0 heterocycles. The van der Waals surface area contributed by atoms with Gasteiger partial charge in [-0.05, 0) is 6.66 Å². The van der Waals surface area contributed by atoms with Gasteiger partial charge in [0.05, 0.1) is 6.16 Å². The molecule has 0 amide bonds. The first-order chi connectivity index (χ1) is 3.71. The summed E-state index contributed by atoms with van der Waals surface area (Å²) in [6.07, 6.45) is -5.22. The molecule has 0 spiro atoms. The predicted octanol–water partition coefficient (Wildman–Crippen LogP) is 2.81. The molecule has 0 rings (SSSR count). The minimum Gasteiger partial charge on any atom is -0.171 e. The zero-order chi connectivity index (χ0) is 7.71. The van der Waals surface area contributed by atoms with Gasteiger partial charge in [0.15, 0.2) is 0 Å². The molecule has 6 heteroatoms. The molecule has 1 unspecified atom stereocenters. The molecule has 56 valence electrons. The number of hydrogen-bond donors (Lipinski definition) is 0. The number of rotatable bonds is 1. The molecule has 0 aromatic heterocycles. The quantitative estimate of drug-likeness (QED) is 0.581. The molecular formula is C3H5ClF3PS. The van der Waals surface area contributed by atoms with Crippen LogP contribution in [0.5, 0.6) is 0 Å². The normalized spacial score (nSPS) is 19.2. The Morgan fingerprint density at radius 1 is 1.56 bits per heavy atom. The van der Waals surface area contributed by atoms with E-state index < -0.39 is 17.7 Å². The van der Waals surface area contributed by atoms with Crippen molar-refractivity contribution in [3.8, 4) is 0 Å². The summed E-state index contributed by atoms with van der Waals surface area (Å²) in [7, 11) is 0. The van der Waals surface area contributed by atoms with E-state index in [2.05, 4.69) is 11.8 Å². The standard InChI is InChI=1S/C3H5ClF3PS/c1-8(4,9)2-3(5,6)7/h2H2,1H3. The lowest BCUT2D eigenvalue weighted by molar-refractivity contribution is -0.105. The fourth-order valence-corrected chi connectivity index (χ4v) is 1.81. The lowest BCUT2D eigenvalue weighted by Crippen LogP contribution is -2.11. The summed E-state index contributed by atoms with van der Waals surface area (Å²) < 4.78 is 34.3. The first-order valence-corrected chi connectivity index (χ1v) is 6.38. The number of hydrogen-bond acceptors (Lipinski definition) is 1. The highest BCUT2D eigenvalue weighted by Gasteiger charge is 2.32. The molecule has 0 bridgehead atoms. The smallest absolute Gasteiger partial charge is 0.171 e. The highest BCUT2D eigenvalue weighted by molar-refractivity contribution is 8.26. The molecule has 0 saturated heterocycles. The van der Waals surface area contributed by atoms with Crippen LogP contribution in [0.25, 0.3) is 0 Å². The van der Waals surface area contributed by atoms with Crippen LogP contribution in [0.4, 0.5) is 13.2 Å².